The van der Waals surface area contributed by atoms with Crippen LogP contribution < -0.4 is 0 Å². The van der Waals surface area contributed by atoms with Crippen LogP contribution in [0.4, 0.5) is 0 Å². The van der Waals surface area contributed by atoms with Crippen molar-refractivity contribution in [1.29, 1.82) is 0 Å². The van der Waals surface area contributed by atoms with Gasteiger partial charge in [0.15, 0.2) is 0 Å². The minimum atomic E-state index is -3.70. The number of hydrogen-bond acceptors (Lipinski definition) is 4. The zero-order valence-electron chi connectivity index (χ0n) is 16.9. The summed E-state index contributed by atoms with van der Waals surface area (Å²) in [6.45, 7) is 2.45. The first-order chi connectivity index (χ1) is 11.1. The van der Waals surface area contributed by atoms with E-state index < -0.39 is 10.1 Å². The maximum absolute atomic E-state index is 11.9. The van der Waals surface area contributed by atoms with E-state index in [9.17, 15) is 8.42 Å². The van der Waals surface area contributed by atoms with Crippen molar-refractivity contribution in [3.63, 3.8) is 0 Å². The summed E-state index contributed by atoms with van der Waals surface area (Å²) in [4.78, 5) is 0.0855. The van der Waals surface area contributed by atoms with Crippen molar-refractivity contribution in [1.82, 2.24) is 0 Å². The fourth-order valence-corrected chi connectivity index (χ4v) is 3.38. The average Bonchev–Trinajstić information content (AvgIpc) is 2.53. The van der Waals surface area contributed by atoms with Gasteiger partial charge in [0, 0.05) is 0 Å². The van der Waals surface area contributed by atoms with Crippen LogP contribution in [0.25, 0.3) is 0 Å². The van der Waals surface area contributed by atoms with E-state index in [1.54, 1.807) is 0 Å². The van der Waals surface area contributed by atoms with Gasteiger partial charge in [-0.15, -0.1) is 0 Å². The molecule has 0 aliphatic rings. The maximum atomic E-state index is 11.9. The molecular weight excluding hydrogens is 352 g/mol. The largest absolute Gasteiger partial charge is 2.00 e. The van der Waals surface area contributed by atoms with Crippen LogP contribution >= 0.6 is 0 Å². The molecule has 24 heavy (non-hydrogen) atoms. The van der Waals surface area contributed by atoms with E-state index in [-0.39, 0.29) is 57.8 Å². The van der Waals surface area contributed by atoms with Crippen LogP contribution in [0.5, 0.6) is 5.75 Å². The number of phenolic OH excluding ortho intramolecular Hbond substituents is 1. The van der Waals surface area contributed by atoms with Crippen molar-refractivity contribution in [2.75, 3.05) is 6.61 Å². The van der Waals surface area contributed by atoms with Gasteiger partial charge in [0.25, 0.3) is 10.1 Å². The zero-order valence-corrected chi connectivity index (χ0v) is 17.9. The standard InChI is InChI=1S/C18H30O4S.Ca.2H/c1-2-3-4-5-6-7-8-9-10-11-16-22-23(20,21)18-14-12-17(19)13-15-18;;;/h12-15,19H,2-11,16H2,1H3;;;/q;+2;2*-1. The second-order valence-corrected chi connectivity index (χ2v) is 7.57. The summed E-state index contributed by atoms with van der Waals surface area (Å²) in [6, 6.07) is 5.39. The number of unbranched alkanes of at least 4 members (excludes halogenated alkanes) is 9. The topological polar surface area (TPSA) is 63.6 Å². The summed E-state index contributed by atoms with van der Waals surface area (Å²) in [5, 5.41) is 9.16. The van der Waals surface area contributed by atoms with Gasteiger partial charge in [-0.25, -0.2) is 0 Å². The first kappa shape index (κ1) is 24.2. The molecule has 0 amide bonds. The van der Waals surface area contributed by atoms with Gasteiger partial charge in [-0.2, -0.15) is 8.42 Å². The Kier molecular flexibility index (Phi) is 14.5. The van der Waals surface area contributed by atoms with E-state index in [2.05, 4.69) is 6.92 Å². The molecule has 0 unspecified atom stereocenters. The smallest absolute Gasteiger partial charge is 1.00 e. The molecule has 0 radical (unpaired) electrons. The molecule has 6 heteroatoms. The van der Waals surface area contributed by atoms with Crippen LogP contribution in [0.15, 0.2) is 29.2 Å². The van der Waals surface area contributed by atoms with E-state index in [0.717, 1.165) is 19.3 Å². The zero-order chi connectivity index (χ0) is 17.0. The minimum Gasteiger partial charge on any atom is -1.00 e. The number of rotatable bonds is 13. The number of aromatic hydroxyl groups is 1. The summed E-state index contributed by atoms with van der Waals surface area (Å²) in [6.07, 6.45) is 12.0. The Morgan fingerprint density at radius 2 is 1.33 bits per heavy atom. The Morgan fingerprint density at radius 3 is 1.83 bits per heavy atom. The molecule has 1 rings (SSSR count). The molecule has 0 fully saturated rings. The third-order valence-corrected chi connectivity index (χ3v) is 5.19. The molecule has 0 saturated heterocycles. The van der Waals surface area contributed by atoms with Gasteiger partial charge in [0.2, 0.25) is 0 Å². The van der Waals surface area contributed by atoms with E-state index >= 15 is 0 Å². The molecule has 0 atom stereocenters. The van der Waals surface area contributed by atoms with Gasteiger partial charge in [-0.3, -0.25) is 4.18 Å². The maximum Gasteiger partial charge on any atom is 2.00 e. The van der Waals surface area contributed by atoms with Crippen molar-refractivity contribution < 1.29 is 20.6 Å². The number of benzene rings is 1. The Balaban J connectivity index is -0.00000176. The molecule has 0 aliphatic carbocycles. The van der Waals surface area contributed by atoms with E-state index in [4.69, 9.17) is 9.29 Å². The molecule has 0 aromatic heterocycles. The van der Waals surface area contributed by atoms with E-state index in [1.165, 1.54) is 69.2 Å². The van der Waals surface area contributed by atoms with E-state index in [1.807, 2.05) is 0 Å². The Labute approximate surface area is 180 Å². The van der Waals surface area contributed by atoms with Crippen LogP contribution in [0.1, 0.15) is 74.0 Å². The van der Waals surface area contributed by atoms with Gasteiger partial charge in [0.1, 0.15) is 5.75 Å². The fourth-order valence-electron chi connectivity index (χ4n) is 2.44. The Bertz CT molecular complexity index is 524. The monoisotopic (exact) mass is 384 g/mol. The van der Waals surface area contributed by atoms with Crippen molar-refractivity contribution in [2.45, 2.75) is 76.0 Å². The second-order valence-electron chi connectivity index (χ2n) is 5.95. The van der Waals surface area contributed by atoms with Gasteiger partial charge in [-0.1, -0.05) is 64.7 Å². The summed E-state index contributed by atoms with van der Waals surface area (Å²) < 4.78 is 28.8. The molecule has 1 N–H and O–H groups in total. The normalized spacial score (nSPS) is 11.2. The molecule has 0 spiro atoms. The number of hydrogen-bond donors (Lipinski definition) is 1. The molecule has 1 aromatic rings. The van der Waals surface area contributed by atoms with Gasteiger partial charge in [0.05, 0.1) is 11.5 Å². The quantitative estimate of drug-likeness (QED) is 0.300. The van der Waals surface area contributed by atoms with Crippen LogP contribution in [0.3, 0.4) is 0 Å². The van der Waals surface area contributed by atoms with Crippen LogP contribution in [0, 0.1) is 0 Å². The van der Waals surface area contributed by atoms with Crippen molar-refractivity contribution in [3.05, 3.63) is 24.3 Å². The van der Waals surface area contributed by atoms with Crippen molar-refractivity contribution in [2.24, 2.45) is 0 Å². The predicted molar refractivity (Wildman–Crippen MR) is 101 cm³/mol. The van der Waals surface area contributed by atoms with Crippen LogP contribution in [-0.4, -0.2) is 57.9 Å². The molecule has 136 valence electrons. The van der Waals surface area contributed by atoms with Crippen molar-refractivity contribution >= 4 is 47.9 Å². The number of phenols is 1. The van der Waals surface area contributed by atoms with E-state index in [0.29, 0.717) is 0 Å². The molecule has 0 heterocycles. The molecule has 0 saturated carbocycles. The summed E-state index contributed by atoms with van der Waals surface area (Å²) in [7, 11) is -3.70. The SMILES string of the molecule is CCCCCCCCCCCCOS(=O)(=O)c1ccc(O)cc1.[Ca+2].[H-].[H-]. The Morgan fingerprint density at radius 1 is 0.875 bits per heavy atom. The van der Waals surface area contributed by atoms with Crippen molar-refractivity contribution in [3.8, 4) is 5.75 Å². The van der Waals surface area contributed by atoms with Crippen LogP contribution in [-0.2, 0) is 14.3 Å². The molecular formula is C18H32CaO4S. The minimum absolute atomic E-state index is 0. The summed E-state index contributed by atoms with van der Waals surface area (Å²) in [5.74, 6) is 0.0404. The van der Waals surface area contributed by atoms with Gasteiger partial charge in [-0.05, 0) is 30.7 Å². The van der Waals surface area contributed by atoms with Gasteiger partial charge < -0.3 is 7.96 Å². The third-order valence-electron chi connectivity index (χ3n) is 3.86. The Hall–Kier alpha value is 0.190. The first-order valence-electron chi connectivity index (χ1n) is 8.74. The summed E-state index contributed by atoms with van der Waals surface area (Å²) in [5.41, 5.74) is 0. The van der Waals surface area contributed by atoms with Crippen LogP contribution in [0.2, 0.25) is 0 Å². The third kappa shape index (κ3) is 10.9. The predicted octanol–water partition coefficient (Wildman–Crippen LogP) is 4.86. The molecule has 1 aromatic carbocycles. The molecule has 4 nitrogen and oxygen atoms in total. The first-order valence-corrected chi connectivity index (χ1v) is 10.2. The molecule has 0 aliphatic heterocycles. The fraction of sp³-hybridized carbons (Fsp3) is 0.667. The average molecular weight is 385 g/mol. The second kappa shape index (κ2) is 14.4. The van der Waals surface area contributed by atoms with Gasteiger partial charge >= 0.3 is 37.7 Å². The molecule has 0 bridgehead atoms. The summed E-state index contributed by atoms with van der Waals surface area (Å²) >= 11 is 0.